The van der Waals surface area contributed by atoms with Gasteiger partial charge in [0.1, 0.15) is 6.26 Å². The first-order chi connectivity index (χ1) is 8.83. The first kappa shape index (κ1) is 11.3. The summed E-state index contributed by atoms with van der Waals surface area (Å²) < 4.78 is 4.75. The summed E-state index contributed by atoms with van der Waals surface area (Å²) >= 11 is 0. The van der Waals surface area contributed by atoms with Gasteiger partial charge in [0.2, 0.25) is 0 Å². The second kappa shape index (κ2) is 4.84. The highest BCUT2D eigenvalue weighted by Crippen LogP contribution is 2.33. The maximum Gasteiger partial charge on any atom is 0.416 e. The largest absolute Gasteiger partial charge is 0.416 e. The number of benzene rings is 1. The van der Waals surface area contributed by atoms with Crippen LogP contribution in [0.4, 0.5) is 0 Å². The van der Waals surface area contributed by atoms with Crippen molar-refractivity contribution in [2.75, 3.05) is 0 Å². The van der Waals surface area contributed by atoms with Crippen molar-refractivity contribution in [1.82, 2.24) is 4.98 Å². The summed E-state index contributed by atoms with van der Waals surface area (Å²) in [7, 11) is 0. The third-order valence-electron chi connectivity index (χ3n) is 3.82. The fraction of sp³-hybridized carbons (Fsp3) is 0.400. The van der Waals surface area contributed by atoms with Crippen LogP contribution in [0, 0.1) is 0 Å². The Hall–Kier alpha value is -1.77. The van der Waals surface area contributed by atoms with Crippen LogP contribution in [-0.4, -0.2) is 4.98 Å². The van der Waals surface area contributed by atoms with Gasteiger partial charge < -0.3 is 4.42 Å². The van der Waals surface area contributed by atoms with Gasteiger partial charge in [0.15, 0.2) is 0 Å². The van der Waals surface area contributed by atoms with Crippen LogP contribution in [0.15, 0.2) is 39.7 Å². The Morgan fingerprint density at radius 1 is 1.06 bits per heavy atom. The first-order valence-electron chi connectivity index (χ1n) is 6.61. The van der Waals surface area contributed by atoms with Crippen LogP contribution >= 0.6 is 0 Å². The predicted molar refractivity (Wildman–Crippen MR) is 70.6 cm³/mol. The molecule has 0 unspecified atom stereocenters. The first-order valence-corrected chi connectivity index (χ1v) is 6.61. The zero-order valence-corrected chi connectivity index (χ0v) is 10.3. The fourth-order valence-electron chi connectivity index (χ4n) is 2.79. The molecular formula is C15H17NO2. The van der Waals surface area contributed by atoms with Gasteiger partial charge in [0.05, 0.1) is 5.69 Å². The molecule has 2 aromatic rings. The number of oxazole rings is 1. The molecular weight excluding hydrogens is 226 g/mol. The van der Waals surface area contributed by atoms with E-state index in [0.717, 1.165) is 17.2 Å². The Labute approximate surface area is 106 Å². The van der Waals surface area contributed by atoms with E-state index in [0.29, 0.717) is 0 Å². The van der Waals surface area contributed by atoms with Crippen molar-refractivity contribution >= 4 is 0 Å². The van der Waals surface area contributed by atoms with E-state index in [-0.39, 0.29) is 0 Å². The standard InChI is InChI=1S/C15H17NO2/c17-15-16-14(10-18-15)13-8-6-12(7-9-13)11-4-2-1-3-5-11/h6-11H,1-5H2,(H,16,17). The molecule has 1 aromatic heterocycles. The number of hydrogen-bond donors (Lipinski definition) is 1. The van der Waals surface area contributed by atoms with E-state index in [2.05, 4.69) is 29.2 Å². The van der Waals surface area contributed by atoms with Gasteiger partial charge in [-0.2, -0.15) is 0 Å². The van der Waals surface area contributed by atoms with E-state index >= 15 is 0 Å². The van der Waals surface area contributed by atoms with E-state index in [1.165, 1.54) is 43.9 Å². The monoisotopic (exact) mass is 243 g/mol. The summed E-state index contributed by atoms with van der Waals surface area (Å²) in [4.78, 5) is 13.6. The summed E-state index contributed by atoms with van der Waals surface area (Å²) in [5.74, 6) is 0.317. The number of aromatic nitrogens is 1. The summed E-state index contributed by atoms with van der Waals surface area (Å²) in [6.45, 7) is 0. The quantitative estimate of drug-likeness (QED) is 0.874. The van der Waals surface area contributed by atoms with Gasteiger partial charge in [0, 0.05) is 5.56 Å². The predicted octanol–water partition coefficient (Wildman–Crippen LogP) is 3.68. The molecule has 3 rings (SSSR count). The van der Waals surface area contributed by atoms with E-state index < -0.39 is 5.76 Å². The third kappa shape index (κ3) is 2.26. The van der Waals surface area contributed by atoms with E-state index in [9.17, 15) is 4.79 Å². The molecule has 3 nitrogen and oxygen atoms in total. The maximum absolute atomic E-state index is 11.0. The Kier molecular flexibility index (Phi) is 3.05. The van der Waals surface area contributed by atoms with Crippen LogP contribution in [0.5, 0.6) is 0 Å². The van der Waals surface area contributed by atoms with Crippen molar-refractivity contribution in [1.29, 1.82) is 0 Å². The molecule has 0 atom stereocenters. The van der Waals surface area contributed by atoms with Crippen LogP contribution in [-0.2, 0) is 0 Å². The average molecular weight is 243 g/mol. The van der Waals surface area contributed by atoms with Crippen LogP contribution in [0.25, 0.3) is 11.3 Å². The van der Waals surface area contributed by atoms with Crippen LogP contribution in [0.2, 0.25) is 0 Å². The molecule has 0 aliphatic heterocycles. The van der Waals surface area contributed by atoms with Gasteiger partial charge in [-0.05, 0) is 24.3 Å². The Bertz CT molecular complexity index is 559. The van der Waals surface area contributed by atoms with Crippen molar-refractivity contribution in [3.63, 3.8) is 0 Å². The van der Waals surface area contributed by atoms with E-state index in [1.807, 2.05) is 0 Å². The molecule has 0 spiro atoms. The van der Waals surface area contributed by atoms with Gasteiger partial charge >= 0.3 is 5.76 Å². The topological polar surface area (TPSA) is 46.0 Å². The van der Waals surface area contributed by atoms with Crippen LogP contribution in [0.3, 0.4) is 0 Å². The molecule has 18 heavy (non-hydrogen) atoms. The molecule has 0 saturated heterocycles. The minimum Gasteiger partial charge on any atom is -0.416 e. The number of hydrogen-bond acceptors (Lipinski definition) is 2. The number of rotatable bonds is 2. The number of aromatic amines is 1. The van der Waals surface area contributed by atoms with Gasteiger partial charge in [-0.1, -0.05) is 43.5 Å². The Morgan fingerprint density at radius 2 is 1.78 bits per heavy atom. The van der Waals surface area contributed by atoms with Crippen molar-refractivity contribution in [2.24, 2.45) is 0 Å². The highest BCUT2D eigenvalue weighted by Gasteiger charge is 2.15. The molecule has 1 fully saturated rings. The lowest BCUT2D eigenvalue weighted by atomic mass is 9.84. The van der Waals surface area contributed by atoms with Gasteiger partial charge in [-0.15, -0.1) is 0 Å². The van der Waals surface area contributed by atoms with Crippen molar-refractivity contribution in [3.8, 4) is 11.3 Å². The van der Waals surface area contributed by atoms with Crippen molar-refractivity contribution in [3.05, 3.63) is 46.6 Å². The summed E-state index contributed by atoms with van der Waals surface area (Å²) in [5, 5.41) is 0. The SMILES string of the molecule is O=c1[nH]c(-c2ccc(C3CCCCC3)cc2)co1. The highest BCUT2D eigenvalue weighted by molar-refractivity contribution is 5.58. The number of nitrogens with one attached hydrogen (secondary N) is 1. The zero-order valence-electron chi connectivity index (χ0n) is 10.3. The molecule has 1 aromatic carbocycles. The summed E-state index contributed by atoms with van der Waals surface area (Å²) in [5.41, 5.74) is 3.17. The van der Waals surface area contributed by atoms with Crippen LogP contribution in [0.1, 0.15) is 43.6 Å². The molecule has 0 radical (unpaired) electrons. The van der Waals surface area contributed by atoms with Gasteiger partial charge in [-0.25, -0.2) is 4.79 Å². The maximum atomic E-state index is 11.0. The molecule has 1 N–H and O–H groups in total. The molecule has 1 saturated carbocycles. The Morgan fingerprint density at radius 3 is 2.39 bits per heavy atom. The van der Waals surface area contributed by atoms with Gasteiger partial charge in [0.25, 0.3) is 0 Å². The zero-order chi connectivity index (χ0) is 12.4. The lowest BCUT2D eigenvalue weighted by molar-refractivity contribution is 0.443. The molecule has 0 amide bonds. The minimum atomic E-state index is -0.402. The number of H-pyrrole nitrogens is 1. The summed E-state index contributed by atoms with van der Waals surface area (Å²) in [6, 6.07) is 8.47. The summed E-state index contributed by atoms with van der Waals surface area (Å²) in [6.07, 6.45) is 8.16. The van der Waals surface area contributed by atoms with Gasteiger partial charge in [-0.3, -0.25) is 4.98 Å². The average Bonchev–Trinajstić information content (AvgIpc) is 2.87. The highest BCUT2D eigenvalue weighted by atomic mass is 16.4. The molecule has 1 aliphatic rings. The van der Waals surface area contributed by atoms with E-state index in [4.69, 9.17) is 4.42 Å². The minimum absolute atomic E-state index is 0.402. The fourth-order valence-corrected chi connectivity index (χ4v) is 2.79. The molecule has 94 valence electrons. The van der Waals surface area contributed by atoms with E-state index in [1.54, 1.807) is 0 Å². The lowest BCUT2D eigenvalue weighted by Crippen LogP contribution is -2.04. The molecule has 3 heteroatoms. The van der Waals surface area contributed by atoms with Crippen molar-refractivity contribution in [2.45, 2.75) is 38.0 Å². The molecule has 1 heterocycles. The smallest absolute Gasteiger partial charge is 0.416 e. The Balaban J connectivity index is 1.82. The lowest BCUT2D eigenvalue weighted by Gasteiger charge is -2.21. The second-order valence-electron chi connectivity index (χ2n) is 5.02. The normalized spacial score (nSPS) is 16.9. The third-order valence-corrected chi connectivity index (χ3v) is 3.82. The van der Waals surface area contributed by atoms with Crippen molar-refractivity contribution < 1.29 is 4.42 Å². The molecule has 0 bridgehead atoms. The molecule has 1 aliphatic carbocycles. The van der Waals surface area contributed by atoms with Crippen LogP contribution < -0.4 is 5.76 Å². The second-order valence-corrected chi connectivity index (χ2v) is 5.02.